The number of furan rings is 1. The minimum absolute atomic E-state index is 0.0512. The first kappa shape index (κ1) is 16.0. The lowest BCUT2D eigenvalue weighted by Gasteiger charge is -2.22. The van der Waals surface area contributed by atoms with E-state index in [-0.39, 0.29) is 11.8 Å². The first-order chi connectivity index (χ1) is 12.2. The highest BCUT2D eigenvalue weighted by Crippen LogP contribution is 2.20. The lowest BCUT2D eigenvalue weighted by Crippen LogP contribution is -2.36. The summed E-state index contributed by atoms with van der Waals surface area (Å²) in [5, 5.41) is 1.21. The number of ether oxygens (including phenoxy) is 1. The molecule has 1 fully saturated rings. The van der Waals surface area contributed by atoms with Crippen molar-refractivity contribution in [2.24, 2.45) is 5.92 Å². The van der Waals surface area contributed by atoms with Crippen LogP contribution in [0.3, 0.4) is 0 Å². The van der Waals surface area contributed by atoms with E-state index in [1.54, 1.807) is 6.07 Å². The molecule has 3 heterocycles. The van der Waals surface area contributed by atoms with Crippen molar-refractivity contribution in [3.05, 3.63) is 59.7 Å². The van der Waals surface area contributed by atoms with Gasteiger partial charge < -0.3 is 19.0 Å². The zero-order valence-corrected chi connectivity index (χ0v) is 14.3. The van der Waals surface area contributed by atoms with E-state index in [9.17, 15) is 4.79 Å². The number of carbonyl (C=O) groups is 1. The third-order valence-corrected chi connectivity index (χ3v) is 4.72. The lowest BCUT2D eigenvalue weighted by molar-refractivity contribution is 0.0704. The summed E-state index contributed by atoms with van der Waals surface area (Å²) < 4.78 is 11.2. The third-order valence-electron chi connectivity index (χ3n) is 4.72. The number of H-pyrrole nitrogens is 1. The van der Waals surface area contributed by atoms with Crippen molar-refractivity contribution in [3.63, 3.8) is 0 Å². The van der Waals surface area contributed by atoms with Crippen LogP contribution in [-0.2, 0) is 11.2 Å². The van der Waals surface area contributed by atoms with Crippen LogP contribution in [0, 0.1) is 12.8 Å². The standard InChI is InChI=1S/C20H22N2O3/c1-14-2-5-19(25-14)20(23)22-8-9-24-13-16(12-22)10-15-3-4-18-17(11-15)6-7-21-18/h2-7,11,16,21H,8-10,12-13H2,1H3/t16-/m0/s1. The summed E-state index contributed by atoms with van der Waals surface area (Å²) in [6.45, 7) is 4.38. The van der Waals surface area contributed by atoms with Gasteiger partial charge in [-0.15, -0.1) is 0 Å². The van der Waals surface area contributed by atoms with Crippen LogP contribution in [0.4, 0.5) is 0 Å². The molecule has 1 N–H and O–H groups in total. The number of hydrogen-bond acceptors (Lipinski definition) is 3. The van der Waals surface area contributed by atoms with Crippen LogP contribution in [0.2, 0.25) is 0 Å². The van der Waals surface area contributed by atoms with E-state index in [1.165, 1.54) is 10.9 Å². The van der Waals surface area contributed by atoms with Gasteiger partial charge in [-0.1, -0.05) is 6.07 Å². The molecule has 1 saturated heterocycles. The molecule has 1 atom stereocenters. The van der Waals surface area contributed by atoms with Crippen molar-refractivity contribution >= 4 is 16.8 Å². The van der Waals surface area contributed by atoms with E-state index >= 15 is 0 Å². The van der Waals surface area contributed by atoms with Gasteiger partial charge in [0, 0.05) is 30.7 Å². The molecule has 1 aromatic carbocycles. The Kier molecular flexibility index (Phi) is 4.32. The molecule has 2 aromatic heterocycles. The fourth-order valence-electron chi connectivity index (χ4n) is 3.46. The van der Waals surface area contributed by atoms with Crippen molar-refractivity contribution in [1.82, 2.24) is 9.88 Å². The van der Waals surface area contributed by atoms with Crippen LogP contribution in [0.5, 0.6) is 0 Å². The summed E-state index contributed by atoms with van der Waals surface area (Å²) in [6, 6.07) is 12.1. The van der Waals surface area contributed by atoms with Gasteiger partial charge in [-0.05, 0) is 54.6 Å². The molecule has 5 nitrogen and oxygen atoms in total. The highest BCUT2D eigenvalue weighted by Gasteiger charge is 2.25. The van der Waals surface area contributed by atoms with Gasteiger partial charge in [-0.2, -0.15) is 0 Å². The molecule has 0 unspecified atom stereocenters. The number of rotatable bonds is 3. The zero-order chi connectivity index (χ0) is 17.2. The van der Waals surface area contributed by atoms with Gasteiger partial charge in [0.15, 0.2) is 5.76 Å². The number of nitrogens with zero attached hydrogens (tertiary/aromatic N) is 1. The lowest BCUT2D eigenvalue weighted by atomic mass is 9.98. The summed E-state index contributed by atoms with van der Waals surface area (Å²) in [6.07, 6.45) is 2.84. The minimum atomic E-state index is -0.0512. The van der Waals surface area contributed by atoms with Crippen LogP contribution in [0.25, 0.3) is 10.9 Å². The van der Waals surface area contributed by atoms with Gasteiger partial charge in [0.25, 0.3) is 5.91 Å². The highest BCUT2D eigenvalue weighted by molar-refractivity contribution is 5.91. The summed E-state index contributed by atoms with van der Waals surface area (Å²) >= 11 is 0. The van der Waals surface area contributed by atoms with Crippen LogP contribution in [0.15, 0.2) is 47.0 Å². The first-order valence-corrected chi connectivity index (χ1v) is 8.68. The molecule has 0 saturated carbocycles. The van der Waals surface area contributed by atoms with Crippen molar-refractivity contribution in [1.29, 1.82) is 0 Å². The average Bonchev–Trinajstić information content (AvgIpc) is 3.18. The number of benzene rings is 1. The van der Waals surface area contributed by atoms with Gasteiger partial charge in [0.1, 0.15) is 5.76 Å². The predicted molar refractivity (Wildman–Crippen MR) is 95.7 cm³/mol. The molecular weight excluding hydrogens is 316 g/mol. The largest absolute Gasteiger partial charge is 0.456 e. The maximum Gasteiger partial charge on any atom is 0.289 e. The number of fused-ring (bicyclic) bond motifs is 1. The maximum absolute atomic E-state index is 12.7. The van der Waals surface area contributed by atoms with E-state index in [4.69, 9.17) is 9.15 Å². The molecule has 3 aromatic rings. The van der Waals surface area contributed by atoms with Gasteiger partial charge in [-0.25, -0.2) is 0 Å². The molecular formula is C20H22N2O3. The summed E-state index contributed by atoms with van der Waals surface area (Å²) in [5.74, 6) is 1.39. The Balaban J connectivity index is 1.48. The molecule has 25 heavy (non-hydrogen) atoms. The molecule has 1 aliphatic rings. The van der Waals surface area contributed by atoms with E-state index in [1.807, 2.05) is 24.1 Å². The van der Waals surface area contributed by atoms with E-state index in [2.05, 4.69) is 29.2 Å². The maximum atomic E-state index is 12.7. The molecule has 0 aliphatic carbocycles. The molecule has 0 bridgehead atoms. The number of hydrogen-bond donors (Lipinski definition) is 1. The Labute approximate surface area is 146 Å². The van der Waals surface area contributed by atoms with E-state index in [0.29, 0.717) is 32.1 Å². The summed E-state index contributed by atoms with van der Waals surface area (Å²) in [5.41, 5.74) is 2.41. The van der Waals surface area contributed by atoms with E-state index < -0.39 is 0 Å². The van der Waals surface area contributed by atoms with Crippen LogP contribution < -0.4 is 0 Å². The van der Waals surface area contributed by atoms with Gasteiger partial charge in [-0.3, -0.25) is 4.79 Å². The topological polar surface area (TPSA) is 58.5 Å². The number of aromatic amines is 1. The number of aromatic nitrogens is 1. The zero-order valence-electron chi connectivity index (χ0n) is 14.3. The molecule has 1 amide bonds. The Morgan fingerprint density at radius 3 is 3.04 bits per heavy atom. The predicted octanol–water partition coefficient (Wildman–Crippen LogP) is 3.40. The van der Waals surface area contributed by atoms with Crippen molar-refractivity contribution in [3.8, 4) is 0 Å². The SMILES string of the molecule is Cc1ccc(C(=O)N2CCOC[C@@H](Cc3ccc4[nH]ccc4c3)C2)o1. The molecule has 0 spiro atoms. The van der Waals surface area contributed by atoms with Crippen molar-refractivity contribution in [2.45, 2.75) is 13.3 Å². The molecule has 1 aliphatic heterocycles. The Hall–Kier alpha value is -2.53. The highest BCUT2D eigenvalue weighted by atomic mass is 16.5. The van der Waals surface area contributed by atoms with Crippen molar-refractivity contribution in [2.75, 3.05) is 26.3 Å². The van der Waals surface area contributed by atoms with Gasteiger partial charge >= 0.3 is 0 Å². The molecule has 4 rings (SSSR count). The second-order valence-corrected chi connectivity index (χ2v) is 6.71. The summed E-state index contributed by atoms with van der Waals surface area (Å²) in [7, 11) is 0. The smallest absolute Gasteiger partial charge is 0.289 e. The summed E-state index contributed by atoms with van der Waals surface area (Å²) in [4.78, 5) is 17.7. The number of aryl methyl sites for hydroxylation is 1. The van der Waals surface area contributed by atoms with Crippen LogP contribution in [0.1, 0.15) is 21.9 Å². The van der Waals surface area contributed by atoms with Crippen LogP contribution >= 0.6 is 0 Å². The monoisotopic (exact) mass is 338 g/mol. The fraction of sp³-hybridized carbons (Fsp3) is 0.350. The average molecular weight is 338 g/mol. The Bertz CT molecular complexity index is 880. The second-order valence-electron chi connectivity index (χ2n) is 6.71. The van der Waals surface area contributed by atoms with Gasteiger partial charge in [0.05, 0.1) is 13.2 Å². The Morgan fingerprint density at radius 1 is 1.28 bits per heavy atom. The second kappa shape index (κ2) is 6.76. The molecule has 0 radical (unpaired) electrons. The first-order valence-electron chi connectivity index (χ1n) is 8.68. The number of carbonyl (C=O) groups excluding carboxylic acids is 1. The number of nitrogens with one attached hydrogen (secondary N) is 1. The third kappa shape index (κ3) is 3.46. The molecule has 5 heteroatoms. The quantitative estimate of drug-likeness (QED) is 0.796. The van der Waals surface area contributed by atoms with E-state index in [0.717, 1.165) is 17.7 Å². The van der Waals surface area contributed by atoms with Gasteiger partial charge in [0.2, 0.25) is 0 Å². The minimum Gasteiger partial charge on any atom is -0.456 e. The van der Waals surface area contributed by atoms with Crippen LogP contribution in [-0.4, -0.2) is 42.1 Å². The number of amides is 1. The molecule has 130 valence electrons. The normalized spacial score (nSPS) is 18.4. The fourth-order valence-corrected chi connectivity index (χ4v) is 3.46. The Morgan fingerprint density at radius 2 is 2.20 bits per heavy atom. The van der Waals surface area contributed by atoms with Crippen molar-refractivity contribution < 1.29 is 13.9 Å².